The normalized spacial score (nSPS) is 21.7. The highest BCUT2D eigenvalue weighted by Crippen LogP contribution is 2.47. The molecule has 1 aliphatic carbocycles. The van der Waals surface area contributed by atoms with Gasteiger partial charge in [0.1, 0.15) is 17.5 Å². The molecule has 0 spiro atoms. The number of hydrogen-bond acceptors (Lipinski definition) is 6. The van der Waals surface area contributed by atoms with E-state index in [1.807, 2.05) is 0 Å². The molecule has 0 radical (unpaired) electrons. The average Bonchev–Trinajstić information content (AvgIpc) is 3.36. The Bertz CT molecular complexity index is 1670. The summed E-state index contributed by atoms with van der Waals surface area (Å²) in [6, 6.07) is 17.6. The van der Waals surface area contributed by atoms with Crippen LogP contribution in [-0.2, 0) is 21.5 Å². The summed E-state index contributed by atoms with van der Waals surface area (Å²) in [6.45, 7) is 11.1. The molecule has 1 saturated heterocycles. The number of rotatable bonds is 7. The Morgan fingerprint density at radius 2 is 1.66 bits per heavy atom. The Balaban J connectivity index is 1.15. The highest BCUT2D eigenvalue weighted by molar-refractivity contribution is 7.87. The summed E-state index contributed by atoms with van der Waals surface area (Å²) in [6.07, 6.45) is 7.60. The molecule has 1 amide bonds. The lowest BCUT2D eigenvalue weighted by Gasteiger charge is -2.36. The second-order valence-corrected chi connectivity index (χ2v) is 16.6. The minimum atomic E-state index is -3.94. The number of benzene rings is 2. The summed E-state index contributed by atoms with van der Waals surface area (Å²) in [4.78, 5) is 14.8. The van der Waals surface area contributed by atoms with Crippen molar-refractivity contribution in [3.8, 4) is 17.0 Å². The maximum Gasteiger partial charge on any atom is 0.424 e. The maximum absolute atomic E-state index is 13.1. The molecule has 2 unspecified atom stereocenters. The number of amides is 1. The van der Waals surface area contributed by atoms with Gasteiger partial charge in [-0.3, -0.25) is 0 Å². The average molecular weight is 665 g/mol. The number of carbonyl (C=O) groups excluding carboxylic acids is 1. The molecule has 2 atom stereocenters. The molecular weight excluding hydrogens is 612 g/mol. The van der Waals surface area contributed by atoms with Crippen LogP contribution in [0.2, 0.25) is 0 Å². The first-order valence-corrected chi connectivity index (χ1v) is 18.9. The van der Waals surface area contributed by atoms with Gasteiger partial charge in [0.15, 0.2) is 0 Å². The smallest absolute Gasteiger partial charge is 0.424 e. The molecule has 3 aliphatic rings. The van der Waals surface area contributed by atoms with Gasteiger partial charge in [0.2, 0.25) is 0 Å². The van der Waals surface area contributed by atoms with Crippen molar-refractivity contribution >= 4 is 27.2 Å². The second-order valence-electron chi connectivity index (χ2n) is 14.6. The zero-order valence-electron chi connectivity index (χ0n) is 28.8. The summed E-state index contributed by atoms with van der Waals surface area (Å²) in [5.74, 6) is 1.86. The predicted molar refractivity (Wildman–Crippen MR) is 187 cm³/mol. The molecule has 47 heavy (non-hydrogen) atoms. The van der Waals surface area contributed by atoms with Crippen LogP contribution in [0.25, 0.3) is 22.2 Å². The molecule has 2 aromatic carbocycles. The van der Waals surface area contributed by atoms with E-state index >= 15 is 0 Å². The van der Waals surface area contributed by atoms with Gasteiger partial charge in [-0.1, -0.05) is 49.6 Å². The first-order chi connectivity index (χ1) is 22.4. The monoisotopic (exact) mass is 664 g/mol. The first-order valence-electron chi connectivity index (χ1n) is 17.5. The van der Waals surface area contributed by atoms with E-state index in [1.165, 1.54) is 71.2 Å². The summed E-state index contributed by atoms with van der Waals surface area (Å²) in [7, 11) is -2.67. The van der Waals surface area contributed by atoms with Crippen molar-refractivity contribution in [1.82, 2.24) is 18.1 Å². The molecule has 0 N–H and O–H groups in total. The topological polar surface area (TPSA) is 84.3 Å². The fourth-order valence-corrected chi connectivity index (χ4v) is 8.94. The van der Waals surface area contributed by atoms with Crippen molar-refractivity contribution in [3.63, 3.8) is 0 Å². The maximum atomic E-state index is 13.1. The molecule has 0 bridgehead atoms. The predicted octanol–water partition coefficient (Wildman–Crippen LogP) is 7.26. The van der Waals surface area contributed by atoms with Gasteiger partial charge in [0.05, 0.1) is 5.69 Å². The third-order valence-corrected chi connectivity index (χ3v) is 12.1. The van der Waals surface area contributed by atoms with E-state index in [2.05, 4.69) is 64.9 Å². The first kappa shape index (κ1) is 33.8. The Hall–Kier alpha value is -3.08. The van der Waals surface area contributed by atoms with E-state index in [0.29, 0.717) is 38.0 Å². The lowest BCUT2D eigenvalue weighted by molar-refractivity contribution is 0.0408. The molecule has 2 fully saturated rings. The van der Waals surface area contributed by atoms with Crippen LogP contribution in [0.5, 0.6) is 5.75 Å². The van der Waals surface area contributed by atoms with Crippen LogP contribution in [0.1, 0.15) is 84.1 Å². The second kappa shape index (κ2) is 13.8. The molecule has 10 heteroatoms. The van der Waals surface area contributed by atoms with Crippen LogP contribution in [-0.4, -0.2) is 84.1 Å². The lowest BCUT2D eigenvalue weighted by atomic mass is 9.81. The zero-order chi connectivity index (χ0) is 33.3. The van der Waals surface area contributed by atoms with Crippen LogP contribution in [0.4, 0.5) is 4.79 Å². The largest absolute Gasteiger partial charge is 0.490 e. The Labute approximate surface area is 281 Å². The van der Waals surface area contributed by atoms with E-state index in [-0.39, 0.29) is 6.10 Å². The number of ether oxygens (including phenoxy) is 2. The number of fused-ring (bicyclic) bond motifs is 5. The van der Waals surface area contributed by atoms with Crippen LogP contribution in [0, 0.1) is 5.92 Å². The van der Waals surface area contributed by atoms with E-state index in [4.69, 9.17) is 9.47 Å². The quantitative estimate of drug-likeness (QED) is 0.264. The van der Waals surface area contributed by atoms with Gasteiger partial charge in [0.25, 0.3) is 0 Å². The molecule has 9 nitrogen and oxygen atoms in total. The number of nitrogens with zero attached hydrogens (tertiary/aromatic N) is 4. The standard InChI is InChI=1S/C37H52N4O5S/c1-27-29(16-13-21-39-22-24-40(25-23-39)47(43,44)38(5)36(42)46-37(2,3)4)26-41-32-19-11-9-17-30(32)34(28-14-7-6-8-15-28)35(41)31-18-10-12-20-33(31)45-27/h9-12,17-20,27-29H,6-8,13-16,21-26H2,1-5H3. The molecule has 3 heterocycles. The van der Waals surface area contributed by atoms with Crippen molar-refractivity contribution in [2.75, 3.05) is 39.8 Å². The molecule has 3 aromatic rings. The lowest BCUT2D eigenvalue weighted by Crippen LogP contribution is -2.53. The van der Waals surface area contributed by atoms with E-state index < -0.39 is 21.9 Å². The number of hydrogen-bond donors (Lipinski definition) is 0. The van der Waals surface area contributed by atoms with Crippen LogP contribution in [0.3, 0.4) is 0 Å². The van der Waals surface area contributed by atoms with Crippen molar-refractivity contribution in [1.29, 1.82) is 0 Å². The van der Waals surface area contributed by atoms with Gasteiger partial charge in [-0.2, -0.15) is 17.0 Å². The summed E-state index contributed by atoms with van der Waals surface area (Å²) in [5, 5.41) is 1.39. The fourth-order valence-electron chi connectivity index (χ4n) is 7.74. The minimum Gasteiger partial charge on any atom is -0.490 e. The number of piperazine rings is 1. The Morgan fingerprint density at radius 1 is 0.979 bits per heavy atom. The molecule has 256 valence electrons. The zero-order valence-corrected chi connectivity index (χ0v) is 29.6. The minimum absolute atomic E-state index is 0.0500. The molecule has 6 rings (SSSR count). The number of aromatic nitrogens is 1. The van der Waals surface area contributed by atoms with Crippen LogP contribution < -0.4 is 4.74 Å². The van der Waals surface area contributed by atoms with Gasteiger partial charge in [0, 0.05) is 62.2 Å². The molecule has 2 aliphatic heterocycles. The molecular formula is C37H52N4O5S. The van der Waals surface area contributed by atoms with Crippen LogP contribution >= 0.6 is 0 Å². The Morgan fingerprint density at radius 3 is 2.38 bits per heavy atom. The van der Waals surface area contributed by atoms with Gasteiger partial charge in [-0.15, -0.1) is 0 Å². The van der Waals surface area contributed by atoms with E-state index in [1.54, 1.807) is 20.8 Å². The summed E-state index contributed by atoms with van der Waals surface area (Å²) >= 11 is 0. The van der Waals surface area contributed by atoms with Gasteiger partial charge in [-0.25, -0.2) is 4.79 Å². The van der Waals surface area contributed by atoms with Crippen molar-refractivity contribution in [3.05, 3.63) is 54.1 Å². The highest BCUT2D eigenvalue weighted by atomic mass is 32.2. The van der Waals surface area contributed by atoms with Gasteiger partial charge in [-0.05, 0) is 89.6 Å². The molecule has 1 aromatic heterocycles. The Kier molecular flexibility index (Phi) is 9.93. The fraction of sp³-hybridized carbons (Fsp3) is 0.595. The molecule has 1 saturated carbocycles. The van der Waals surface area contributed by atoms with Gasteiger partial charge >= 0.3 is 16.3 Å². The SMILES string of the molecule is CC1Oc2ccccc2-c2c(C3CCCCC3)c3ccccc3n2CC1CCCN1CCN(S(=O)(=O)N(C)C(=O)OC(C)(C)C)CC1. The van der Waals surface area contributed by atoms with E-state index in [9.17, 15) is 13.2 Å². The third-order valence-electron chi connectivity index (χ3n) is 10.3. The third kappa shape index (κ3) is 7.20. The van der Waals surface area contributed by atoms with Crippen molar-refractivity contribution in [2.45, 2.75) is 96.8 Å². The van der Waals surface area contributed by atoms with Crippen molar-refractivity contribution < 1.29 is 22.7 Å². The van der Waals surface area contributed by atoms with Gasteiger partial charge < -0.3 is 18.9 Å². The van der Waals surface area contributed by atoms with E-state index in [0.717, 1.165) is 36.0 Å². The summed E-state index contributed by atoms with van der Waals surface area (Å²) < 4.78 is 43.0. The summed E-state index contributed by atoms with van der Waals surface area (Å²) in [5.41, 5.74) is 4.62. The van der Waals surface area contributed by atoms with Crippen molar-refractivity contribution in [2.24, 2.45) is 5.92 Å². The van der Waals surface area contributed by atoms with Crippen LogP contribution in [0.15, 0.2) is 48.5 Å². The highest BCUT2D eigenvalue weighted by Gasteiger charge is 2.36. The number of para-hydroxylation sites is 2. The number of carbonyl (C=O) groups is 1.